The number of rotatable bonds is 4. The Morgan fingerprint density at radius 3 is 2.88 bits per heavy atom. The highest BCUT2D eigenvalue weighted by Gasteiger charge is 2.20. The van der Waals surface area contributed by atoms with Crippen molar-refractivity contribution < 1.29 is 13.2 Å². The lowest BCUT2D eigenvalue weighted by Gasteiger charge is -2.17. The van der Waals surface area contributed by atoms with Crippen molar-refractivity contribution in [3.63, 3.8) is 0 Å². The predicted molar refractivity (Wildman–Crippen MR) is 97.6 cm³/mol. The molecule has 26 heavy (non-hydrogen) atoms. The highest BCUT2D eigenvalue weighted by atomic mass is 35.5. The normalized spacial score (nSPS) is 14.3. The standard InChI is InChI=1S/C17H15ClN4O3S/c18-12-2-5-16-20-13(10-22(16)9-12)8-19-26(24,25)14-3-4-15-11(7-14)1-6-17(23)21-15/h2-5,7,9-10,19H,1,6,8H2,(H,21,23). The number of hydrogen-bond donors (Lipinski definition) is 2. The molecule has 0 radical (unpaired) electrons. The molecule has 0 bridgehead atoms. The Balaban J connectivity index is 1.54. The molecule has 0 spiro atoms. The third kappa shape index (κ3) is 3.31. The van der Waals surface area contributed by atoms with E-state index in [4.69, 9.17) is 11.6 Å². The molecule has 7 nitrogen and oxygen atoms in total. The second kappa shape index (κ2) is 6.39. The van der Waals surface area contributed by atoms with Crippen LogP contribution in [0.25, 0.3) is 5.65 Å². The number of aryl methyl sites for hydroxylation is 1. The summed E-state index contributed by atoms with van der Waals surface area (Å²) in [4.78, 5) is 15.9. The molecule has 1 aromatic carbocycles. The van der Waals surface area contributed by atoms with E-state index in [1.165, 1.54) is 6.07 Å². The summed E-state index contributed by atoms with van der Waals surface area (Å²) >= 11 is 5.94. The van der Waals surface area contributed by atoms with E-state index in [0.29, 0.717) is 34.9 Å². The van der Waals surface area contributed by atoms with Crippen molar-refractivity contribution >= 4 is 38.9 Å². The maximum atomic E-state index is 12.6. The molecule has 0 fully saturated rings. The Morgan fingerprint density at radius 2 is 2.04 bits per heavy atom. The monoisotopic (exact) mass is 390 g/mol. The van der Waals surface area contributed by atoms with Crippen LogP contribution in [0.3, 0.4) is 0 Å². The van der Waals surface area contributed by atoms with Crippen LogP contribution in [0, 0.1) is 0 Å². The first-order valence-corrected chi connectivity index (χ1v) is 9.82. The first-order valence-electron chi connectivity index (χ1n) is 7.96. The number of nitrogens with one attached hydrogen (secondary N) is 2. The summed E-state index contributed by atoms with van der Waals surface area (Å²) in [5.74, 6) is -0.0572. The lowest BCUT2D eigenvalue weighted by molar-refractivity contribution is -0.116. The van der Waals surface area contributed by atoms with Crippen LogP contribution in [-0.2, 0) is 27.8 Å². The molecular weight excluding hydrogens is 376 g/mol. The summed E-state index contributed by atoms with van der Waals surface area (Å²) in [6, 6.07) is 8.19. The lowest BCUT2D eigenvalue weighted by Crippen LogP contribution is -2.24. The van der Waals surface area contributed by atoms with Crippen molar-refractivity contribution in [2.45, 2.75) is 24.3 Å². The van der Waals surface area contributed by atoms with Gasteiger partial charge in [0, 0.05) is 24.5 Å². The van der Waals surface area contributed by atoms with E-state index in [1.54, 1.807) is 41.1 Å². The minimum Gasteiger partial charge on any atom is -0.326 e. The minimum absolute atomic E-state index is 0.0572. The number of fused-ring (bicyclic) bond motifs is 2. The first-order chi connectivity index (χ1) is 12.4. The summed E-state index contributed by atoms with van der Waals surface area (Å²) in [7, 11) is -3.69. The molecule has 134 valence electrons. The van der Waals surface area contributed by atoms with Crippen LogP contribution in [-0.4, -0.2) is 23.7 Å². The molecule has 1 amide bonds. The van der Waals surface area contributed by atoms with E-state index >= 15 is 0 Å². The average molecular weight is 391 g/mol. The third-order valence-electron chi connectivity index (χ3n) is 4.19. The smallest absolute Gasteiger partial charge is 0.240 e. The van der Waals surface area contributed by atoms with Crippen molar-refractivity contribution in [3.8, 4) is 0 Å². The number of nitrogens with zero attached hydrogens (tertiary/aromatic N) is 2. The fourth-order valence-electron chi connectivity index (χ4n) is 2.88. The molecule has 1 aliphatic rings. The van der Waals surface area contributed by atoms with Crippen LogP contribution in [0.4, 0.5) is 5.69 Å². The average Bonchev–Trinajstić information content (AvgIpc) is 3.01. The summed E-state index contributed by atoms with van der Waals surface area (Å²) < 4.78 is 29.4. The van der Waals surface area contributed by atoms with Gasteiger partial charge in [0.15, 0.2) is 0 Å². The fourth-order valence-corrected chi connectivity index (χ4v) is 4.10. The molecule has 3 heterocycles. The highest BCUT2D eigenvalue weighted by molar-refractivity contribution is 7.89. The molecule has 0 unspecified atom stereocenters. The molecule has 0 aliphatic carbocycles. The number of aromatic nitrogens is 2. The van der Waals surface area contributed by atoms with Crippen LogP contribution in [0.1, 0.15) is 17.7 Å². The highest BCUT2D eigenvalue weighted by Crippen LogP contribution is 2.25. The molecule has 2 aromatic heterocycles. The van der Waals surface area contributed by atoms with E-state index < -0.39 is 10.0 Å². The van der Waals surface area contributed by atoms with Crippen molar-refractivity contribution in [2.75, 3.05) is 5.32 Å². The van der Waals surface area contributed by atoms with Crippen LogP contribution in [0.2, 0.25) is 5.02 Å². The van der Waals surface area contributed by atoms with Gasteiger partial charge < -0.3 is 9.72 Å². The summed E-state index contributed by atoms with van der Waals surface area (Å²) in [5, 5.41) is 3.31. The van der Waals surface area contributed by atoms with Gasteiger partial charge in [-0.15, -0.1) is 0 Å². The van der Waals surface area contributed by atoms with Crippen LogP contribution < -0.4 is 10.0 Å². The summed E-state index contributed by atoms with van der Waals surface area (Å²) in [6.45, 7) is 0.0649. The van der Waals surface area contributed by atoms with Gasteiger partial charge in [-0.05, 0) is 42.3 Å². The first kappa shape index (κ1) is 17.0. The topological polar surface area (TPSA) is 92.6 Å². The van der Waals surface area contributed by atoms with Crippen LogP contribution >= 0.6 is 11.6 Å². The van der Waals surface area contributed by atoms with Gasteiger partial charge in [0.25, 0.3) is 0 Å². The van der Waals surface area contributed by atoms with E-state index in [9.17, 15) is 13.2 Å². The van der Waals surface area contributed by atoms with Gasteiger partial charge in [-0.1, -0.05) is 11.6 Å². The van der Waals surface area contributed by atoms with Gasteiger partial charge in [-0.25, -0.2) is 18.1 Å². The van der Waals surface area contributed by atoms with Crippen molar-refractivity contribution in [3.05, 3.63) is 59.0 Å². The second-order valence-electron chi connectivity index (χ2n) is 6.04. The molecule has 1 aliphatic heterocycles. The number of halogens is 1. The van der Waals surface area contributed by atoms with Gasteiger partial charge in [0.05, 0.1) is 22.2 Å². The number of anilines is 1. The maximum Gasteiger partial charge on any atom is 0.240 e. The SMILES string of the molecule is O=C1CCc2cc(S(=O)(=O)NCc3cn4cc(Cl)ccc4n3)ccc2N1. The van der Waals surface area contributed by atoms with Gasteiger partial charge in [-0.3, -0.25) is 4.79 Å². The molecule has 0 saturated carbocycles. The summed E-state index contributed by atoms with van der Waals surface area (Å²) in [5.41, 5.74) is 2.75. The third-order valence-corrected chi connectivity index (χ3v) is 5.81. The number of pyridine rings is 1. The number of benzene rings is 1. The van der Waals surface area contributed by atoms with Gasteiger partial charge >= 0.3 is 0 Å². The molecular formula is C17H15ClN4O3S. The Kier molecular flexibility index (Phi) is 4.18. The molecule has 2 N–H and O–H groups in total. The molecule has 0 atom stereocenters. The summed E-state index contributed by atoms with van der Waals surface area (Å²) in [6.07, 6.45) is 4.32. The number of imidazole rings is 1. The van der Waals surface area contributed by atoms with Crippen molar-refractivity contribution in [2.24, 2.45) is 0 Å². The van der Waals surface area contributed by atoms with Gasteiger partial charge in [0.1, 0.15) is 5.65 Å². The molecule has 3 aromatic rings. The number of amides is 1. The largest absolute Gasteiger partial charge is 0.326 e. The predicted octanol–water partition coefficient (Wildman–Crippen LogP) is 2.35. The van der Waals surface area contributed by atoms with Crippen molar-refractivity contribution in [1.29, 1.82) is 0 Å². The zero-order valence-corrected chi connectivity index (χ0v) is 15.1. The molecule has 4 rings (SSSR count). The van der Waals surface area contributed by atoms with Crippen LogP contribution in [0.5, 0.6) is 0 Å². The number of carbonyl (C=O) groups excluding carboxylic acids is 1. The van der Waals surface area contributed by atoms with E-state index in [1.807, 2.05) is 0 Å². The Labute approximate surface area is 155 Å². The zero-order valence-electron chi connectivity index (χ0n) is 13.6. The number of hydrogen-bond acceptors (Lipinski definition) is 4. The van der Waals surface area contributed by atoms with E-state index in [2.05, 4.69) is 15.0 Å². The lowest BCUT2D eigenvalue weighted by atomic mass is 10.0. The van der Waals surface area contributed by atoms with E-state index in [-0.39, 0.29) is 17.3 Å². The quantitative estimate of drug-likeness (QED) is 0.715. The number of sulfonamides is 1. The zero-order chi connectivity index (χ0) is 18.3. The Bertz CT molecular complexity index is 1120. The second-order valence-corrected chi connectivity index (χ2v) is 8.24. The van der Waals surface area contributed by atoms with Gasteiger partial charge in [-0.2, -0.15) is 0 Å². The Morgan fingerprint density at radius 1 is 1.19 bits per heavy atom. The number of carbonyl (C=O) groups is 1. The van der Waals surface area contributed by atoms with Crippen LogP contribution in [0.15, 0.2) is 47.6 Å². The van der Waals surface area contributed by atoms with Crippen molar-refractivity contribution in [1.82, 2.24) is 14.1 Å². The Hall–Kier alpha value is -2.42. The van der Waals surface area contributed by atoms with Gasteiger partial charge in [0.2, 0.25) is 15.9 Å². The molecule has 9 heteroatoms. The molecule has 0 saturated heterocycles. The minimum atomic E-state index is -3.69. The maximum absolute atomic E-state index is 12.6. The van der Waals surface area contributed by atoms with E-state index in [0.717, 1.165) is 5.56 Å². The fraction of sp³-hybridized carbons (Fsp3) is 0.176.